The number of rotatable bonds is 10. The van der Waals surface area contributed by atoms with E-state index in [0.717, 1.165) is 16.9 Å². The highest BCUT2D eigenvalue weighted by atomic mass is 16.5. The second-order valence-corrected chi connectivity index (χ2v) is 6.49. The number of hydrogen-bond donors (Lipinski definition) is 1. The molecule has 156 valence electrons. The fourth-order valence-electron chi connectivity index (χ4n) is 2.79. The van der Waals surface area contributed by atoms with Crippen LogP contribution < -0.4 is 24.3 Å². The number of carbonyl (C=O) groups is 1. The maximum absolute atomic E-state index is 12.1. The molecule has 0 aliphatic rings. The van der Waals surface area contributed by atoms with Gasteiger partial charge in [0, 0.05) is 12.1 Å². The molecule has 0 saturated heterocycles. The van der Waals surface area contributed by atoms with Gasteiger partial charge in [0.25, 0.3) is 5.91 Å². The summed E-state index contributed by atoms with van der Waals surface area (Å²) in [6, 6.07) is 22.6. The van der Waals surface area contributed by atoms with E-state index in [-0.39, 0.29) is 12.5 Å². The zero-order chi connectivity index (χ0) is 21.2. The first-order valence-corrected chi connectivity index (χ1v) is 9.55. The Labute approximate surface area is 176 Å². The van der Waals surface area contributed by atoms with E-state index in [4.69, 9.17) is 18.9 Å². The van der Waals surface area contributed by atoms with Crippen molar-refractivity contribution in [1.82, 2.24) is 5.32 Å². The van der Waals surface area contributed by atoms with E-state index in [1.54, 1.807) is 38.5 Å². The van der Waals surface area contributed by atoms with Crippen LogP contribution in [0.3, 0.4) is 0 Å². The number of hydrogen-bond acceptors (Lipinski definition) is 5. The summed E-state index contributed by atoms with van der Waals surface area (Å²) in [6.45, 7) is 0.725. The van der Waals surface area contributed by atoms with Crippen LogP contribution in [0.5, 0.6) is 23.0 Å². The van der Waals surface area contributed by atoms with E-state index in [0.29, 0.717) is 30.4 Å². The van der Waals surface area contributed by atoms with Crippen molar-refractivity contribution in [3.8, 4) is 23.0 Å². The molecule has 0 unspecified atom stereocenters. The highest BCUT2D eigenvalue weighted by Gasteiger charge is 2.08. The van der Waals surface area contributed by atoms with Crippen LogP contribution in [-0.4, -0.2) is 26.7 Å². The summed E-state index contributed by atoms with van der Waals surface area (Å²) in [5.41, 5.74) is 1.92. The van der Waals surface area contributed by atoms with E-state index >= 15 is 0 Å². The zero-order valence-corrected chi connectivity index (χ0v) is 17.1. The Morgan fingerprint density at radius 1 is 0.800 bits per heavy atom. The van der Waals surface area contributed by atoms with Gasteiger partial charge in [0.1, 0.15) is 29.6 Å². The van der Waals surface area contributed by atoms with Crippen molar-refractivity contribution in [2.45, 2.75) is 13.2 Å². The van der Waals surface area contributed by atoms with Gasteiger partial charge in [0.15, 0.2) is 6.61 Å². The van der Waals surface area contributed by atoms with E-state index in [9.17, 15) is 4.79 Å². The van der Waals surface area contributed by atoms with Gasteiger partial charge in [-0.2, -0.15) is 0 Å². The lowest BCUT2D eigenvalue weighted by Gasteiger charge is -2.12. The molecule has 1 N–H and O–H groups in total. The fourth-order valence-corrected chi connectivity index (χ4v) is 2.79. The average molecular weight is 407 g/mol. The Kier molecular flexibility index (Phi) is 7.55. The first-order chi connectivity index (χ1) is 14.7. The number of amides is 1. The molecule has 0 aromatic heterocycles. The quantitative estimate of drug-likeness (QED) is 0.551. The number of ether oxygens (including phenoxy) is 4. The lowest BCUT2D eigenvalue weighted by Crippen LogP contribution is -2.28. The maximum atomic E-state index is 12.1. The SMILES string of the molecule is COc1ccc(OC)c(CNC(=O)COc2ccc(OCc3ccccc3)cc2)c1. The Morgan fingerprint density at radius 3 is 2.13 bits per heavy atom. The zero-order valence-electron chi connectivity index (χ0n) is 17.1. The molecule has 3 aromatic carbocycles. The molecule has 0 aliphatic heterocycles. The van der Waals surface area contributed by atoms with Crippen molar-refractivity contribution < 1.29 is 23.7 Å². The lowest BCUT2D eigenvalue weighted by molar-refractivity contribution is -0.123. The minimum Gasteiger partial charge on any atom is -0.497 e. The fraction of sp³-hybridized carbons (Fsp3) is 0.208. The number of nitrogens with one attached hydrogen (secondary N) is 1. The molecular formula is C24H25NO5. The van der Waals surface area contributed by atoms with Gasteiger partial charge < -0.3 is 24.3 Å². The van der Waals surface area contributed by atoms with Gasteiger partial charge in [0.2, 0.25) is 0 Å². The van der Waals surface area contributed by atoms with Crippen molar-refractivity contribution in [2.75, 3.05) is 20.8 Å². The summed E-state index contributed by atoms with van der Waals surface area (Å²) in [5, 5.41) is 2.82. The summed E-state index contributed by atoms with van der Waals surface area (Å²) in [5.74, 6) is 2.48. The Balaban J connectivity index is 1.44. The van der Waals surface area contributed by atoms with Gasteiger partial charge in [-0.3, -0.25) is 4.79 Å². The van der Waals surface area contributed by atoms with E-state index < -0.39 is 0 Å². The van der Waals surface area contributed by atoms with Crippen molar-refractivity contribution in [1.29, 1.82) is 0 Å². The molecule has 30 heavy (non-hydrogen) atoms. The minimum atomic E-state index is -0.232. The molecule has 6 heteroatoms. The van der Waals surface area contributed by atoms with Crippen LogP contribution >= 0.6 is 0 Å². The van der Waals surface area contributed by atoms with Crippen LogP contribution in [0.2, 0.25) is 0 Å². The van der Waals surface area contributed by atoms with Crippen LogP contribution in [0, 0.1) is 0 Å². The van der Waals surface area contributed by atoms with Crippen LogP contribution in [-0.2, 0) is 17.9 Å². The monoisotopic (exact) mass is 407 g/mol. The first kappa shape index (κ1) is 21.0. The molecule has 0 atom stereocenters. The van der Waals surface area contributed by atoms with Crippen LogP contribution in [0.25, 0.3) is 0 Å². The van der Waals surface area contributed by atoms with Gasteiger partial charge >= 0.3 is 0 Å². The highest BCUT2D eigenvalue weighted by molar-refractivity contribution is 5.77. The maximum Gasteiger partial charge on any atom is 0.258 e. The molecule has 1 amide bonds. The molecule has 0 radical (unpaired) electrons. The third kappa shape index (κ3) is 6.17. The van der Waals surface area contributed by atoms with Crippen molar-refractivity contribution in [2.24, 2.45) is 0 Å². The van der Waals surface area contributed by atoms with Crippen molar-refractivity contribution in [3.05, 3.63) is 83.9 Å². The molecule has 0 saturated carbocycles. The van der Waals surface area contributed by atoms with E-state index in [1.165, 1.54) is 0 Å². The molecule has 0 aliphatic carbocycles. The van der Waals surface area contributed by atoms with Gasteiger partial charge in [-0.25, -0.2) is 0 Å². The second kappa shape index (κ2) is 10.8. The molecule has 3 rings (SSSR count). The van der Waals surface area contributed by atoms with Crippen LogP contribution in [0.15, 0.2) is 72.8 Å². The summed E-state index contributed by atoms with van der Waals surface area (Å²) < 4.78 is 21.8. The molecule has 0 heterocycles. The molecule has 0 bridgehead atoms. The molecule has 0 spiro atoms. The second-order valence-electron chi connectivity index (χ2n) is 6.49. The molecule has 0 fully saturated rings. The average Bonchev–Trinajstić information content (AvgIpc) is 2.81. The molecular weight excluding hydrogens is 382 g/mol. The number of benzene rings is 3. The molecule has 6 nitrogen and oxygen atoms in total. The summed E-state index contributed by atoms with van der Waals surface area (Å²) in [4.78, 5) is 12.1. The third-order valence-corrected chi connectivity index (χ3v) is 4.41. The standard InChI is InChI=1S/C24H25NO5/c1-27-22-12-13-23(28-2)19(14-22)15-25-24(26)17-30-21-10-8-20(9-11-21)29-16-18-6-4-3-5-7-18/h3-14H,15-17H2,1-2H3,(H,25,26). The Morgan fingerprint density at radius 2 is 1.47 bits per heavy atom. The summed E-state index contributed by atoms with van der Waals surface area (Å²) in [6.07, 6.45) is 0. The summed E-state index contributed by atoms with van der Waals surface area (Å²) >= 11 is 0. The largest absolute Gasteiger partial charge is 0.497 e. The predicted octanol–water partition coefficient (Wildman–Crippen LogP) is 3.98. The summed E-state index contributed by atoms with van der Waals surface area (Å²) in [7, 11) is 3.18. The lowest BCUT2D eigenvalue weighted by atomic mass is 10.2. The smallest absolute Gasteiger partial charge is 0.258 e. The first-order valence-electron chi connectivity index (χ1n) is 9.55. The Bertz CT molecular complexity index is 942. The highest BCUT2D eigenvalue weighted by Crippen LogP contribution is 2.23. The van der Waals surface area contributed by atoms with Crippen molar-refractivity contribution in [3.63, 3.8) is 0 Å². The number of methoxy groups -OCH3 is 2. The van der Waals surface area contributed by atoms with Gasteiger partial charge in [-0.15, -0.1) is 0 Å². The van der Waals surface area contributed by atoms with Crippen molar-refractivity contribution >= 4 is 5.91 Å². The third-order valence-electron chi connectivity index (χ3n) is 4.41. The van der Waals surface area contributed by atoms with Gasteiger partial charge in [0.05, 0.1) is 14.2 Å². The topological polar surface area (TPSA) is 66.0 Å². The minimum absolute atomic E-state index is 0.0868. The number of carbonyl (C=O) groups excluding carboxylic acids is 1. The van der Waals surface area contributed by atoms with Crippen LogP contribution in [0.1, 0.15) is 11.1 Å². The van der Waals surface area contributed by atoms with Crippen LogP contribution in [0.4, 0.5) is 0 Å². The van der Waals surface area contributed by atoms with Gasteiger partial charge in [-0.05, 0) is 48.0 Å². The Hall–Kier alpha value is -3.67. The normalized spacial score (nSPS) is 10.2. The predicted molar refractivity (Wildman–Crippen MR) is 114 cm³/mol. The van der Waals surface area contributed by atoms with E-state index in [2.05, 4.69) is 5.32 Å². The molecule has 3 aromatic rings. The van der Waals surface area contributed by atoms with Gasteiger partial charge in [-0.1, -0.05) is 30.3 Å². The van der Waals surface area contributed by atoms with E-state index in [1.807, 2.05) is 48.5 Å².